The van der Waals surface area contributed by atoms with Crippen LogP contribution in [0.15, 0.2) is 58.8 Å². The summed E-state index contributed by atoms with van der Waals surface area (Å²) in [6.07, 6.45) is 5.63. The second-order valence-electron chi connectivity index (χ2n) is 5.87. The first-order valence-corrected chi connectivity index (χ1v) is 9.49. The van der Waals surface area contributed by atoms with Crippen LogP contribution in [0.4, 0.5) is 11.4 Å². The van der Waals surface area contributed by atoms with Gasteiger partial charge in [0.25, 0.3) is 0 Å². The van der Waals surface area contributed by atoms with Crippen molar-refractivity contribution in [1.82, 2.24) is 0 Å². The van der Waals surface area contributed by atoms with Crippen LogP contribution < -0.4 is 0 Å². The number of halogens is 1. The van der Waals surface area contributed by atoms with E-state index in [2.05, 4.69) is 45.2 Å². The highest BCUT2D eigenvalue weighted by molar-refractivity contribution is 9.09. The standard InChI is InChI=1S/C20H23BrN2O/c1-2-16(13-14-21)3-4-17-5-9-19(10-6-17)22-23-20-11-7-18(15-24)8-12-20/h5-12,15-16H,2-4,13-14H2,1H3. The molecule has 1 atom stereocenters. The molecule has 0 heterocycles. The third-order valence-corrected chi connectivity index (χ3v) is 4.64. The molecule has 126 valence electrons. The second kappa shape index (κ2) is 10.1. The molecule has 0 aromatic heterocycles. The number of aldehydes is 1. The molecular formula is C20H23BrN2O. The molecule has 2 aromatic carbocycles. The maximum atomic E-state index is 10.6. The summed E-state index contributed by atoms with van der Waals surface area (Å²) in [6.45, 7) is 2.26. The number of alkyl halides is 1. The fourth-order valence-electron chi connectivity index (χ4n) is 2.54. The van der Waals surface area contributed by atoms with Gasteiger partial charge in [-0.25, -0.2) is 0 Å². The first-order chi connectivity index (χ1) is 11.7. The number of carbonyl (C=O) groups is 1. The smallest absolute Gasteiger partial charge is 0.150 e. The van der Waals surface area contributed by atoms with Crippen LogP contribution >= 0.6 is 15.9 Å². The Hall–Kier alpha value is -1.81. The third-order valence-electron chi connectivity index (χ3n) is 4.18. The summed E-state index contributed by atoms with van der Waals surface area (Å²) in [7, 11) is 0. The fraction of sp³-hybridized carbons (Fsp3) is 0.350. The molecule has 0 radical (unpaired) electrons. The molecule has 0 aliphatic carbocycles. The van der Waals surface area contributed by atoms with Crippen LogP contribution in [0.2, 0.25) is 0 Å². The van der Waals surface area contributed by atoms with Crippen molar-refractivity contribution in [2.75, 3.05) is 5.33 Å². The minimum absolute atomic E-state index is 0.642. The van der Waals surface area contributed by atoms with Gasteiger partial charge in [0.15, 0.2) is 0 Å². The molecule has 0 aliphatic heterocycles. The summed E-state index contributed by atoms with van der Waals surface area (Å²) in [5, 5.41) is 9.52. The van der Waals surface area contributed by atoms with E-state index < -0.39 is 0 Å². The third kappa shape index (κ3) is 6.00. The van der Waals surface area contributed by atoms with Gasteiger partial charge in [-0.2, -0.15) is 10.2 Å². The van der Waals surface area contributed by atoms with Crippen LogP contribution in [-0.2, 0) is 6.42 Å². The number of aryl methyl sites for hydroxylation is 1. The quantitative estimate of drug-likeness (QED) is 0.270. The Kier molecular flexibility index (Phi) is 7.83. The lowest BCUT2D eigenvalue weighted by molar-refractivity contribution is 0.112. The average molecular weight is 387 g/mol. The highest BCUT2D eigenvalue weighted by Crippen LogP contribution is 2.21. The van der Waals surface area contributed by atoms with Gasteiger partial charge in [-0.15, -0.1) is 0 Å². The molecule has 2 aromatic rings. The van der Waals surface area contributed by atoms with Gasteiger partial charge < -0.3 is 0 Å². The Morgan fingerprint density at radius 3 is 2.04 bits per heavy atom. The molecule has 3 nitrogen and oxygen atoms in total. The minimum Gasteiger partial charge on any atom is -0.298 e. The van der Waals surface area contributed by atoms with Crippen LogP contribution in [0.3, 0.4) is 0 Å². The highest BCUT2D eigenvalue weighted by atomic mass is 79.9. The maximum Gasteiger partial charge on any atom is 0.150 e. The van der Waals surface area contributed by atoms with Crippen LogP contribution in [-0.4, -0.2) is 11.6 Å². The predicted molar refractivity (Wildman–Crippen MR) is 103 cm³/mol. The van der Waals surface area contributed by atoms with Gasteiger partial charge in [-0.05, 0) is 67.1 Å². The van der Waals surface area contributed by atoms with Crippen LogP contribution in [0.1, 0.15) is 42.1 Å². The Labute approximate surface area is 152 Å². The first kappa shape index (κ1) is 18.5. The summed E-state index contributed by atoms with van der Waals surface area (Å²) in [6, 6.07) is 15.3. The number of hydrogen-bond donors (Lipinski definition) is 0. The van der Waals surface area contributed by atoms with Crippen molar-refractivity contribution in [1.29, 1.82) is 0 Å². The van der Waals surface area contributed by atoms with E-state index >= 15 is 0 Å². The van der Waals surface area contributed by atoms with Crippen LogP contribution in [0.25, 0.3) is 0 Å². The summed E-state index contributed by atoms with van der Waals surface area (Å²) >= 11 is 3.53. The van der Waals surface area contributed by atoms with Gasteiger partial charge in [-0.3, -0.25) is 4.79 Å². The molecule has 2 rings (SSSR count). The molecule has 24 heavy (non-hydrogen) atoms. The zero-order valence-corrected chi connectivity index (χ0v) is 15.6. The fourth-order valence-corrected chi connectivity index (χ4v) is 3.19. The lowest BCUT2D eigenvalue weighted by Gasteiger charge is -2.12. The molecule has 0 saturated carbocycles. The van der Waals surface area contributed by atoms with Gasteiger partial charge >= 0.3 is 0 Å². The zero-order valence-electron chi connectivity index (χ0n) is 14.0. The zero-order chi connectivity index (χ0) is 17.2. The Morgan fingerprint density at radius 2 is 1.54 bits per heavy atom. The molecule has 4 heteroatoms. The van der Waals surface area contributed by atoms with Gasteiger partial charge in [0.2, 0.25) is 0 Å². The molecule has 0 bridgehead atoms. The lowest BCUT2D eigenvalue weighted by atomic mass is 9.95. The first-order valence-electron chi connectivity index (χ1n) is 8.37. The van der Waals surface area contributed by atoms with E-state index in [0.29, 0.717) is 5.56 Å². The maximum absolute atomic E-state index is 10.6. The minimum atomic E-state index is 0.642. The summed E-state index contributed by atoms with van der Waals surface area (Å²) in [5.41, 5.74) is 3.57. The molecule has 0 N–H and O–H groups in total. The van der Waals surface area contributed by atoms with Crippen LogP contribution in [0.5, 0.6) is 0 Å². The van der Waals surface area contributed by atoms with Crippen molar-refractivity contribution in [3.8, 4) is 0 Å². The SMILES string of the molecule is CCC(CCBr)CCc1ccc(N=Nc2ccc(C=O)cc2)cc1. The average Bonchev–Trinajstić information content (AvgIpc) is 2.64. The van der Waals surface area contributed by atoms with Crippen molar-refractivity contribution in [3.05, 3.63) is 59.7 Å². The van der Waals surface area contributed by atoms with Crippen molar-refractivity contribution in [3.63, 3.8) is 0 Å². The van der Waals surface area contributed by atoms with Gasteiger partial charge in [-0.1, -0.05) is 41.4 Å². The molecule has 0 aliphatic rings. The molecule has 0 saturated heterocycles. The molecule has 0 fully saturated rings. The van der Waals surface area contributed by atoms with Crippen molar-refractivity contribution < 1.29 is 4.79 Å². The van der Waals surface area contributed by atoms with Gasteiger partial charge in [0.05, 0.1) is 11.4 Å². The van der Waals surface area contributed by atoms with Crippen molar-refractivity contribution in [2.24, 2.45) is 16.1 Å². The van der Waals surface area contributed by atoms with E-state index in [1.54, 1.807) is 24.3 Å². The van der Waals surface area contributed by atoms with E-state index in [1.807, 2.05) is 12.1 Å². The van der Waals surface area contributed by atoms with Gasteiger partial charge in [0, 0.05) is 10.9 Å². The largest absolute Gasteiger partial charge is 0.298 e. The Balaban J connectivity index is 1.91. The van der Waals surface area contributed by atoms with Gasteiger partial charge in [0.1, 0.15) is 6.29 Å². The van der Waals surface area contributed by atoms with Crippen LogP contribution in [0, 0.1) is 5.92 Å². The Bertz CT molecular complexity index is 650. The summed E-state index contributed by atoms with van der Waals surface area (Å²) in [4.78, 5) is 10.6. The number of azo groups is 1. The molecule has 0 amide bonds. The normalized spacial score (nSPS) is 12.4. The van der Waals surface area contributed by atoms with E-state index in [9.17, 15) is 4.79 Å². The molecular weight excluding hydrogens is 364 g/mol. The second-order valence-corrected chi connectivity index (χ2v) is 6.66. The molecule has 1 unspecified atom stereocenters. The van der Waals surface area contributed by atoms with E-state index in [0.717, 1.165) is 35.3 Å². The molecule has 0 spiro atoms. The monoisotopic (exact) mass is 386 g/mol. The topological polar surface area (TPSA) is 41.8 Å². The number of nitrogens with zero attached hydrogens (tertiary/aromatic N) is 2. The van der Waals surface area contributed by atoms with E-state index in [1.165, 1.54) is 24.8 Å². The summed E-state index contributed by atoms with van der Waals surface area (Å²) in [5.74, 6) is 0.790. The number of carbonyl (C=O) groups excluding carboxylic acids is 1. The Morgan fingerprint density at radius 1 is 0.958 bits per heavy atom. The number of rotatable bonds is 9. The van der Waals surface area contributed by atoms with E-state index in [-0.39, 0.29) is 0 Å². The highest BCUT2D eigenvalue weighted by Gasteiger charge is 2.05. The number of hydrogen-bond acceptors (Lipinski definition) is 3. The van der Waals surface area contributed by atoms with Crippen molar-refractivity contribution in [2.45, 2.75) is 32.6 Å². The lowest BCUT2D eigenvalue weighted by Crippen LogP contribution is -2.01. The van der Waals surface area contributed by atoms with E-state index in [4.69, 9.17) is 0 Å². The predicted octanol–water partition coefficient (Wildman–Crippen LogP) is 6.66. The van der Waals surface area contributed by atoms with Crippen molar-refractivity contribution >= 4 is 33.6 Å². The number of benzene rings is 2. The summed E-state index contributed by atoms with van der Waals surface area (Å²) < 4.78 is 0.